The highest BCUT2D eigenvalue weighted by atomic mass is 35.5. The van der Waals surface area contributed by atoms with Gasteiger partial charge in [0, 0.05) is 11.4 Å². The SMILES string of the molecule is O=C(CCOc1ccccc1)c1ccc(Cl)cc1F. The van der Waals surface area contributed by atoms with E-state index in [0.29, 0.717) is 5.75 Å². The van der Waals surface area contributed by atoms with Crippen LogP contribution in [0.1, 0.15) is 16.8 Å². The average Bonchev–Trinajstić information content (AvgIpc) is 2.39. The number of halogens is 2. The molecule has 0 aliphatic heterocycles. The molecule has 2 aromatic carbocycles. The number of carbonyl (C=O) groups excluding carboxylic acids is 1. The van der Waals surface area contributed by atoms with Gasteiger partial charge in [-0.05, 0) is 30.3 Å². The van der Waals surface area contributed by atoms with E-state index < -0.39 is 5.82 Å². The van der Waals surface area contributed by atoms with Crippen LogP contribution in [0.25, 0.3) is 0 Å². The van der Waals surface area contributed by atoms with Crippen LogP contribution < -0.4 is 4.74 Å². The lowest BCUT2D eigenvalue weighted by molar-refractivity contribution is 0.0958. The summed E-state index contributed by atoms with van der Waals surface area (Å²) in [5, 5.41) is 0.273. The number of para-hydroxylation sites is 1. The molecular weight excluding hydrogens is 267 g/mol. The van der Waals surface area contributed by atoms with Crippen molar-refractivity contribution in [3.8, 4) is 5.75 Å². The predicted octanol–water partition coefficient (Wildman–Crippen LogP) is 4.13. The molecule has 0 aliphatic rings. The fraction of sp³-hybridized carbons (Fsp3) is 0.133. The minimum Gasteiger partial charge on any atom is -0.493 e. The van der Waals surface area contributed by atoms with Crippen LogP contribution in [0, 0.1) is 5.82 Å². The first-order valence-corrected chi connectivity index (χ1v) is 6.21. The maximum Gasteiger partial charge on any atom is 0.169 e. The lowest BCUT2D eigenvalue weighted by Crippen LogP contribution is -2.08. The second-order valence-corrected chi connectivity index (χ2v) is 4.40. The Hall–Kier alpha value is -1.87. The van der Waals surface area contributed by atoms with Crippen molar-refractivity contribution >= 4 is 17.4 Å². The smallest absolute Gasteiger partial charge is 0.169 e. The first-order valence-electron chi connectivity index (χ1n) is 5.83. The standard InChI is InChI=1S/C15H12ClFO2/c16-11-6-7-13(14(17)10-11)15(18)8-9-19-12-4-2-1-3-5-12/h1-7,10H,8-9H2. The molecule has 2 nitrogen and oxygen atoms in total. The van der Waals surface area contributed by atoms with E-state index in [4.69, 9.17) is 16.3 Å². The predicted molar refractivity (Wildman–Crippen MR) is 72.3 cm³/mol. The number of rotatable bonds is 5. The summed E-state index contributed by atoms with van der Waals surface area (Å²) in [6.07, 6.45) is 0.118. The minimum atomic E-state index is -0.600. The van der Waals surface area contributed by atoms with Crippen molar-refractivity contribution in [1.82, 2.24) is 0 Å². The highest BCUT2D eigenvalue weighted by Crippen LogP contribution is 2.16. The molecule has 0 spiro atoms. The Balaban J connectivity index is 1.91. The number of carbonyl (C=O) groups is 1. The average molecular weight is 279 g/mol. The zero-order valence-electron chi connectivity index (χ0n) is 10.1. The maximum atomic E-state index is 13.5. The highest BCUT2D eigenvalue weighted by molar-refractivity contribution is 6.30. The quantitative estimate of drug-likeness (QED) is 0.769. The summed E-state index contributed by atoms with van der Waals surface area (Å²) >= 11 is 5.63. The highest BCUT2D eigenvalue weighted by Gasteiger charge is 2.12. The number of hydrogen-bond donors (Lipinski definition) is 0. The van der Waals surface area contributed by atoms with Gasteiger partial charge in [0.25, 0.3) is 0 Å². The Bertz CT molecular complexity index is 570. The second kappa shape index (κ2) is 6.34. The molecule has 0 aliphatic carbocycles. The zero-order valence-corrected chi connectivity index (χ0v) is 10.9. The van der Waals surface area contributed by atoms with Gasteiger partial charge >= 0.3 is 0 Å². The zero-order chi connectivity index (χ0) is 13.7. The Morgan fingerprint density at radius 2 is 1.89 bits per heavy atom. The maximum absolute atomic E-state index is 13.5. The topological polar surface area (TPSA) is 26.3 Å². The number of ketones is 1. The van der Waals surface area contributed by atoms with Gasteiger partial charge in [-0.15, -0.1) is 0 Å². The largest absolute Gasteiger partial charge is 0.493 e. The van der Waals surface area contributed by atoms with E-state index >= 15 is 0 Å². The van der Waals surface area contributed by atoms with Gasteiger partial charge in [0.1, 0.15) is 11.6 Å². The molecule has 4 heteroatoms. The number of benzene rings is 2. The normalized spacial score (nSPS) is 10.2. The van der Waals surface area contributed by atoms with Crippen molar-refractivity contribution in [1.29, 1.82) is 0 Å². The van der Waals surface area contributed by atoms with Gasteiger partial charge in [0.05, 0.1) is 12.2 Å². The van der Waals surface area contributed by atoms with Gasteiger partial charge in [-0.2, -0.15) is 0 Å². The minimum absolute atomic E-state index is 0.0426. The molecule has 0 saturated heterocycles. The van der Waals surface area contributed by atoms with E-state index in [-0.39, 0.29) is 29.4 Å². The van der Waals surface area contributed by atoms with E-state index in [1.165, 1.54) is 12.1 Å². The van der Waals surface area contributed by atoms with Gasteiger partial charge in [-0.25, -0.2) is 4.39 Å². The van der Waals surface area contributed by atoms with Crippen LogP contribution in [0.2, 0.25) is 5.02 Å². The van der Waals surface area contributed by atoms with Gasteiger partial charge < -0.3 is 4.74 Å². The molecule has 0 saturated carbocycles. The molecule has 2 aromatic rings. The Morgan fingerprint density at radius 3 is 2.58 bits per heavy atom. The molecule has 0 radical (unpaired) electrons. The molecule has 0 fully saturated rings. The monoisotopic (exact) mass is 278 g/mol. The number of hydrogen-bond acceptors (Lipinski definition) is 2. The number of ether oxygens (including phenoxy) is 1. The Kier molecular flexibility index (Phi) is 4.53. The molecule has 0 N–H and O–H groups in total. The van der Waals surface area contributed by atoms with Crippen LogP contribution in [0.15, 0.2) is 48.5 Å². The molecule has 0 aromatic heterocycles. The van der Waals surface area contributed by atoms with Crippen molar-refractivity contribution in [2.45, 2.75) is 6.42 Å². The fourth-order valence-corrected chi connectivity index (χ4v) is 1.79. The van der Waals surface area contributed by atoms with E-state index in [2.05, 4.69) is 0 Å². The summed E-state index contributed by atoms with van der Waals surface area (Å²) < 4.78 is 18.9. The van der Waals surface area contributed by atoms with E-state index in [0.717, 1.165) is 6.07 Å². The first kappa shape index (κ1) is 13.6. The summed E-state index contributed by atoms with van der Waals surface area (Å²) in [5.41, 5.74) is 0.0426. The van der Waals surface area contributed by atoms with E-state index in [9.17, 15) is 9.18 Å². The molecular formula is C15H12ClFO2. The van der Waals surface area contributed by atoms with Crippen LogP contribution in [0.5, 0.6) is 5.75 Å². The molecule has 0 bridgehead atoms. The molecule has 0 unspecified atom stereocenters. The summed E-state index contributed by atoms with van der Waals surface area (Å²) in [7, 11) is 0. The molecule has 0 heterocycles. The fourth-order valence-electron chi connectivity index (χ4n) is 1.63. The molecule has 98 valence electrons. The summed E-state index contributed by atoms with van der Waals surface area (Å²) in [6, 6.07) is 13.2. The summed E-state index contributed by atoms with van der Waals surface area (Å²) in [5.74, 6) is -0.214. The lowest BCUT2D eigenvalue weighted by Gasteiger charge is -2.06. The molecule has 0 atom stereocenters. The van der Waals surface area contributed by atoms with Gasteiger partial charge in [0.15, 0.2) is 5.78 Å². The third-order valence-corrected chi connectivity index (χ3v) is 2.81. The van der Waals surface area contributed by atoms with Gasteiger partial charge in [-0.3, -0.25) is 4.79 Å². The number of Topliss-reactive ketones (excluding diaryl/α,β-unsaturated/α-hetero) is 1. The Morgan fingerprint density at radius 1 is 1.16 bits per heavy atom. The molecule has 0 amide bonds. The summed E-state index contributed by atoms with van der Waals surface area (Å²) in [6.45, 7) is 0.213. The van der Waals surface area contributed by atoms with Crippen molar-refractivity contribution in [2.24, 2.45) is 0 Å². The van der Waals surface area contributed by atoms with Crippen LogP contribution >= 0.6 is 11.6 Å². The second-order valence-electron chi connectivity index (χ2n) is 3.96. The summed E-state index contributed by atoms with van der Waals surface area (Å²) in [4.78, 5) is 11.8. The van der Waals surface area contributed by atoms with Gasteiger partial charge in [-0.1, -0.05) is 29.8 Å². The first-order chi connectivity index (χ1) is 9.16. The van der Waals surface area contributed by atoms with Crippen LogP contribution in [-0.4, -0.2) is 12.4 Å². The van der Waals surface area contributed by atoms with E-state index in [1.54, 1.807) is 12.1 Å². The van der Waals surface area contributed by atoms with Crippen molar-refractivity contribution in [3.63, 3.8) is 0 Å². The van der Waals surface area contributed by atoms with Crippen LogP contribution in [0.3, 0.4) is 0 Å². The lowest BCUT2D eigenvalue weighted by atomic mass is 10.1. The van der Waals surface area contributed by atoms with E-state index in [1.807, 2.05) is 18.2 Å². The van der Waals surface area contributed by atoms with Crippen molar-refractivity contribution in [3.05, 3.63) is 64.9 Å². The molecule has 2 rings (SSSR count). The third kappa shape index (κ3) is 3.80. The van der Waals surface area contributed by atoms with Crippen LogP contribution in [0.4, 0.5) is 4.39 Å². The van der Waals surface area contributed by atoms with Gasteiger partial charge in [0.2, 0.25) is 0 Å². The Labute approximate surface area is 115 Å². The van der Waals surface area contributed by atoms with Crippen molar-refractivity contribution < 1.29 is 13.9 Å². The molecule has 19 heavy (non-hydrogen) atoms. The van der Waals surface area contributed by atoms with Crippen LogP contribution in [-0.2, 0) is 0 Å². The van der Waals surface area contributed by atoms with Crippen molar-refractivity contribution in [2.75, 3.05) is 6.61 Å². The third-order valence-electron chi connectivity index (χ3n) is 2.57.